The molecule has 2 aromatic carbocycles. The molecule has 0 bridgehead atoms. The van der Waals surface area contributed by atoms with Crippen LogP contribution in [0.15, 0.2) is 48.7 Å². The van der Waals surface area contributed by atoms with Crippen molar-refractivity contribution in [3.63, 3.8) is 0 Å². The average Bonchev–Trinajstić information content (AvgIpc) is 3.32. The Hall–Kier alpha value is -4.44. The Morgan fingerprint density at radius 2 is 1.89 bits per heavy atom. The average molecular weight is 467 g/mol. The number of ether oxygens (including phenoxy) is 2. The van der Waals surface area contributed by atoms with Crippen LogP contribution in [0.4, 0.5) is 0 Å². The number of nitriles is 2. The van der Waals surface area contributed by atoms with Crippen molar-refractivity contribution in [2.24, 2.45) is 0 Å². The summed E-state index contributed by atoms with van der Waals surface area (Å²) in [7, 11) is 0. The summed E-state index contributed by atoms with van der Waals surface area (Å²) in [5.74, 6) is 1.74. The van der Waals surface area contributed by atoms with Crippen LogP contribution in [-0.4, -0.2) is 46.1 Å². The van der Waals surface area contributed by atoms with Crippen molar-refractivity contribution in [3.05, 3.63) is 65.4 Å². The molecule has 0 radical (unpaired) electrons. The fourth-order valence-electron chi connectivity index (χ4n) is 4.16. The first kappa shape index (κ1) is 22.4. The van der Waals surface area contributed by atoms with E-state index in [2.05, 4.69) is 22.6 Å². The molecule has 5 rings (SSSR count). The summed E-state index contributed by atoms with van der Waals surface area (Å²) in [4.78, 5) is 4.70. The highest BCUT2D eigenvalue weighted by atomic mass is 16.6. The minimum absolute atomic E-state index is 0.0391. The van der Waals surface area contributed by atoms with Gasteiger partial charge in [0.2, 0.25) is 0 Å². The Morgan fingerprint density at radius 1 is 1.06 bits per heavy atom. The zero-order valence-electron chi connectivity index (χ0n) is 18.9. The third kappa shape index (κ3) is 4.38. The standard InChI is InChI=1S/C26H22N6O3/c27-7-6-19-12-17(15-29-8-9-33)16-32-26(19)30-25(31-32)21-3-1-2-20(22(21)14-28)18-4-5-23-24(13-18)35-11-10-34-23/h1-5,12-13,16,29,33H,6,8-11,15H2. The molecule has 0 fully saturated rings. The van der Waals surface area contributed by atoms with Gasteiger partial charge >= 0.3 is 0 Å². The van der Waals surface area contributed by atoms with Crippen molar-refractivity contribution in [2.75, 3.05) is 26.4 Å². The molecular weight excluding hydrogens is 444 g/mol. The number of nitrogens with zero attached hydrogens (tertiary/aromatic N) is 5. The molecule has 35 heavy (non-hydrogen) atoms. The van der Waals surface area contributed by atoms with Gasteiger partial charge in [-0.05, 0) is 35.4 Å². The van der Waals surface area contributed by atoms with Crippen molar-refractivity contribution < 1.29 is 14.6 Å². The lowest BCUT2D eigenvalue weighted by Crippen LogP contribution is -2.18. The predicted molar refractivity (Wildman–Crippen MR) is 128 cm³/mol. The van der Waals surface area contributed by atoms with Crippen molar-refractivity contribution in [1.82, 2.24) is 19.9 Å². The topological polar surface area (TPSA) is 128 Å². The molecule has 1 aliphatic heterocycles. The summed E-state index contributed by atoms with van der Waals surface area (Å²) < 4.78 is 13.0. The molecule has 9 heteroatoms. The van der Waals surface area contributed by atoms with Gasteiger partial charge in [-0.3, -0.25) is 0 Å². The largest absolute Gasteiger partial charge is 0.486 e. The Kier molecular flexibility index (Phi) is 6.27. The Morgan fingerprint density at radius 3 is 2.69 bits per heavy atom. The molecule has 2 N–H and O–H groups in total. The van der Waals surface area contributed by atoms with E-state index in [9.17, 15) is 10.5 Å². The minimum atomic E-state index is 0.0391. The monoisotopic (exact) mass is 466 g/mol. The van der Waals surface area contributed by atoms with E-state index in [4.69, 9.17) is 19.6 Å². The number of aliphatic hydroxyl groups excluding tert-OH is 1. The fraction of sp³-hybridized carbons (Fsp3) is 0.231. The summed E-state index contributed by atoms with van der Waals surface area (Å²) >= 11 is 0. The highest BCUT2D eigenvalue weighted by Gasteiger charge is 2.19. The van der Waals surface area contributed by atoms with Crippen molar-refractivity contribution in [3.8, 4) is 46.2 Å². The van der Waals surface area contributed by atoms with Gasteiger partial charge in [0.05, 0.1) is 24.7 Å². The third-order valence-electron chi connectivity index (χ3n) is 5.72. The lowest BCUT2D eigenvalue weighted by Gasteiger charge is -2.19. The third-order valence-corrected chi connectivity index (χ3v) is 5.72. The number of hydrogen-bond acceptors (Lipinski definition) is 8. The zero-order valence-corrected chi connectivity index (χ0v) is 18.9. The second-order valence-corrected chi connectivity index (χ2v) is 8.01. The summed E-state index contributed by atoms with van der Waals surface area (Å²) in [6.45, 7) is 2.02. The quantitative estimate of drug-likeness (QED) is 0.398. The van der Waals surface area contributed by atoms with E-state index in [1.807, 2.05) is 48.7 Å². The number of rotatable bonds is 7. The van der Waals surface area contributed by atoms with Crippen LogP contribution in [0, 0.1) is 22.7 Å². The Labute approximate surface area is 201 Å². The molecule has 1 aliphatic rings. The molecule has 0 atom stereocenters. The molecule has 0 saturated carbocycles. The number of nitrogens with one attached hydrogen (secondary N) is 1. The predicted octanol–water partition coefficient (Wildman–Crippen LogP) is 2.85. The summed E-state index contributed by atoms with van der Waals surface area (Å²) in [6, 6.07) is 17.6. The van der Waals surface area contributed by atoms with Crippen LogP contribution in [0.1, 0.15) is 16.7 Å². The van der Waals surface area contributed by atoms with E-state index in [0.29, 0.717) is 60.4 Å². The maximum atomic E-state index is 10.1. The maximum Gasteiger partial charge on any atom is 0.183 e. The molecule has 9 nitrogen and oxygen atoms in total. The molecule has 3 heterocycles. The number of benzene rings is 2. The van der Waals surface area contributed by atoms with Gasteiger partial charge in [-0.2, -0.15) is 10.5 Å². The molecule has 0 aliphatic carbocycles. The van der Waals surface area contributed by atoms with Crippen LogP contribution in [0.3, 0.4) is 0 Å². The molecule has 0 unspecified atom stereocenters. The van der Waals surface area contributed by atoms with Crippen LogP contribution < -0.4 is 14.8 Å². The highest BCUT2D eigenvalue weighted by Crippen LogP contribution is 2.37. The first-order valence-electron chi connectivity index (χ1n) is 11.2. The van der Waals surface area contributed by atoms with E-state index in [1.54, 1.807) is 4.52 Å². The molecule has 0 saturated heterocycles. The molecule has 2 aromatic heterocycles. The van der Waals surface area contributed by atoms with Crippen molar-refractivity contribution in [1.29, 1.82) is 10.5 Å². The summed E-state index contributed by atoms with van der Waals surface area (Å²) in [5.41, 5.74) is 4.86. The number of aliphatic hydroxyl groups is 1. The number of fused-ring (bicyclic) bond motifs is 2. The molecule has 4 aromatic rings. The Bertz CT molecular complexity index is 1480. The van der Waals surface area contributed by atoms with Crippen LogP contribution in [-0.2, 0) is 13.0 Å². The molecular formula is C26H22N6O3. The number of pyridine rings is 1. The number of aromatic nitrogens is 3. The van der Waals surface area contributed by atoms with Gasteiger partial charge in [0.15, 0.2) is 23.0 Å². The summed E-state index contributed by atoms with van der Waals surface area (Å²) in [6.07, 6.45) is 2.02. The van der Waals surface area contributed by atoms with E-state index in [0.717, 1.165) is 22.3 Å². The van der Waals surface area contributed by atoms with Crippen LogP contribution >= 0.6 is 0 Å². The van der Waals surface area contributed by atoms with Gasteiger partial charge in [-0.15, -0.1) is 5.10 Å². The number of hydrogen-bond donors (Lipinski definition) is 2. The van der Waals surface area contributed by atoms with Gasteiger partial charge in [0.25, 0.3) is 0 Å². The lowest BCUT2D eigenvalue weighted by atomic mass is 9.95. The second-order valence-electron chi connectivity index (χ2n) is 8.01. The zero-order chi connectivity index (χ0) is 24.2. The van der Waals surface area contributed by atoms with Gasteiger partial charge in [0, 0.05) is 36.0 Å². The molecule has 0 spiro atoms. The van der Waals surface area contributed by atoms with Crippen LogP contribution in [0.2, 0.25) is 0 Å². The van der Waals surface area contributed by atoms with Crippen molar-refractivity contribution in [2.45, 2.75) is 13.0 Å². The van der Waals surface area contributed by atoms with E-state index in [-0.39, 0.29) is 13.0 Å². The van der Waals surface area contributed by atoms with E-state index >= 15 is 0 Å². The SMILES string of the molecule is N#CCc1cc(CNCCO)cn2nc(-c3cccc(-c4ccc5c(c4)OCCO5)c3C#N)nc12. The van der Waals surface area contributed by atoms with Gasteiger partial charge < -0.3 is 19.9 Å². The van der Waals surface area contributed by atoms with Gasteiger partial charge in [-0.25, -0.2) is 9.50 Å². The van der Waals surface area contributed by atoms with E-state index < -0.39 is 0 Å². The molecule has 174 valence electrons. The Balaban J connectivity index is 1.59. The highest BCUT2D eigenvalue weighted by molar-refractivity contribution is 5.81. The van der Waals surface area contributed by atoms with Crippen LogP contribution in [0.25, 0.3) is 28.2 Å². The fourth-order valence-corrected chi connectivity index (χ4v) is 4.16. The van der Waals surface area contributed by atoms with Gasteiger partial charge in [0.1, 0.15) is 19.3 Å². The lowest BCUT2D eigenvalue weighted by molar-refractivity contribution is 0.171. The van der Waals surface area contributed by atoms with Crippen LogP contribution in [0.5, 0.6) is 11.5 Å². The smallest absolute Gasteiger partial charge is 0.183 e. The summed E-state index contributed by atoms with van der Waals surface area (Å²) in [5, 5.41) is 36.2. The first-order valence-corrected chi connectivity index (χ1v) is 11.2. The van der Waals surface area contributed by atoms with E-state index in [1.165, 1.54) is 0 Å². The minimum Gasteiger partial charge on any atom is -0.486 e. The van der Waals surface area contributed by atoms with Gasteiger partial charge in [-0.1, -0.05) is 18.2 Å². The van der Waals surface area contributed by atoms with Crippen molar-refractivity contribution >= 4 is 5.65 Å². The maximum absolute atomic E-state index is 10.1. The second kappa shape index (κ2) is 9.82. The molecule has 0 amide bonds. The first-order chi connectivity index (χ1) is 17.2. The normalized spacial score (nSPS) is 12.3.